The smallest absolute Gasteiger partial charge is 0.270 e. The normalized spacial score (nSPS) is 21.9. The Balaban J connectivity index is 2.20. The van der Waals surface area contributed by atoms with E-state index in [1.807, 2.05) is 6.92 Å². The van der Waals surface area contributed by atoms with Crippen LogP contribution < -0.4 is 10.6 Å². The Kier molecular flexibility index (Phi) is 4.52. The largest absolute Gasteiger partial charge is 0.349 e. The minimum absolute atomic E-state index is 0.0484. The van der Waals surface area contributed by atoms with Gasteiger partial charge < -0.3 is 10.6 Å². The zero-order valence-corrected chi connectivity index (χ0v) is 12.0. The quantitative estimate of drug-likeness (QED) is 0.659. The molecule has 1 aromatic carbocycles. The van der Waals surface area contributed by atoms with Crippen LogP contribution in [0.25, 0.3) is 0 Å². The summed E-state index contributed by atoms with van der Waals surface area (Å²) in [5.41, 5.74) is -0.460. The first-order valence-corrected chi connectivity index (χ1v) is 6.87. The zero-order valence-electron chi connectivity index (χ0n) is 12.0. The molecular weight excluding hydrogens is 277 g/mol. The summed E-state index contributed by atoms with van der Waals surface area (Å²) >= 11 is 0. The van der Waals surface area contributed by atoms with Gasteiger partial charge in [-0.25, -0.2) is 4.39 Å². The van der Waals surface area contributed by atoms with E-state index in [9.17, 15) is 19.3 Å². The Hall–Kier alpha value is -2.02. The molecule has 0 aliphatic carbocycles. The van der Waals surface area contributed by atoms with E-state index in [2.05, 4.69) is 10.6 Å². The number of non-ortho nitro benzene ring substituents is 1. The molecule has 1 saturated heterocycles. The number of hydrogen-bond donors (Lipinski definition) is 2. The number of nitro benzene ring substituents is 1. The van der Waals surface area contributed by atoms with Crippen LogP contribution in [0.1, 0.15) is 35.7 Å². The SMILES string of the molecule is Cc1cc([N+](=O)[O-])cc(C(=O)NC2CCNC(C)C2)c1F. The van der Waals surface area contributed by atoms with Crippen LogP contribution in [0.3, 0.4) is 0 Å². The van der Waals surface area contributed by atoms with Gasteiger partial charge >= 0.3 is 0 Å². The lowest BCUT2D eigenvalue weighted by Crippen LogP contribution is -2.46. The molecule has 0 radical (unpaired) electrons. The number of hydrogen-bond acceptors (Lipinski definition) is 4. The number of nitrogens with zero attached hydrogens (tertiary/aromatic N) is 1. The third-order valence-electron chi connectivity index (χ3n) is 3.65. The minimum Gasteiger partial charge on any atom is -0.349 e. The molecule has 1 aromatic rings. The molecule has 1 aliphatic rings. The van der Waals surface area contributed by atoms with E-state index in [4.69, 9.17) is 0 Å². The van der Waals surface area contributed by atoms with Crippen molar-refractivity contribution in [3.8, 4) is 0 Å². The molecule has 0 bridgehead atoms. The number of carbonyl (C=O) groups is 1. The summed E-state index contributed by atoms with van der Waals surface area (Å²) in [5.74, 6) is -1.31. The number of halogens is 1. The molecule has 7 heteroatoms. The molecule has 2 rings (SSSR count). The van der Waals surface area contributed by atoms with Gasteiger partial charge in [-0.2, -0.15) is 0 Å². The third-order valence-corrected chi connectivity index (χ3v) is 3.65. The van der Waals surface area contributed by atoms with Crippen LogP contribution in [0.2, 0.25) is 0 Å². The van der Waals surface area contributed by atoms with E-state index in [1.54, 1.807) is 0 Å². The molecule has 1 aliphatic heterocycles. The Morgan fingerprint density at radius 3 is 2.86 bits per heavy atom. The van der Waals surface area contributed by atoms with Gasteiger partial charge in [-0.1, -0.05) is 0 Å². The van der Waals surface area contributed by atoms with E-state index in [0.29, 0.717) is 0 Å². The van der Waals surface area contributed by atoms with Gasteiger partial charge in [0, 0.05) is 24.2 Å². The summed E-state index contributed by atoms with van der Waals surface area (Å²) in [6, 6.07) is 2.34. The van der Waals surface area contributed by atoms with Crippen molar-refractivity contribution >= 4 is 11.6 Å². The first-order valence-electron chi connectivity index (χ1n) is 6.87. The van der Waals surface area contributed by atoms with E-state index in [-0.39, 0.29) is 28.9 Å². The maximum absolute atomic E-state index is 14.0. The van der Waals surface area contributed by atoms with Crippen molar-refractivity contribution in [3.05, 3.63) is 39.2 Å². The molecule has 0 spiro atoms. The molecule has 2 atom stereocenters. The average Bonchev–Trinajstić information content (AvgIpc) is 2.41. The number of nitrogens with one attached hydrogen (secondary N) is 2. The molecular formula is C14H18FN3O3. The van der Waals surface area contributed by atoms with Gasteiger partial charge in [-0.3, -0.25) is 14.9 Å². The van der Waals surface area contributed by atoms with Gasteiger partial charge in [0.1, 0.15) is 5.82 Å². The first-order chi connectivity index (χ1) is 9.88. The number of amides is 1. The topological polar surface area (TPSA) is 84.3 Å². The number of carbonyl (C=O) groups excluding carboxylic acids is 1. The number of benzene rings is 1. The second-order valence-corrected chi connectivity index (χ2v) is 5.43. The lowest BCUT2D eigenvalue weighted by molar-refractivity contribution is -0.385. The molecule has 2 N–H and O–H groups in total. The fourth-order valence-electron chi connectivity index (χ4n) is 2.55. The number of rotatable bonds is 3. The summed E-state index contributed by atoms with van der Waals surface area (Å²) in [6.45, 7) is 4.20. The first kappa shape index (κ1) is 15.4. The fraction of sp³-hybridized carbons (Fsp3) is 0.500. The van der Waals surface area contributed by atoms with Gasteiger partial charge in [0.05, 0.1) is 10.5 Å². The maximum Gasteiger partial charge on any atom is 0.270 e. The van der Waals surface area contributed by atoms with E-state index in [0.717, 1.165) is 31.5 Å². The Morgan fingerprint density at radius 1 is 1.52 bits per heavy atom. The summed E-state index contributed by atoms with van der Waals surface area (Å²) in [5, 5.41) is 16.8. The lowest BCUT2D eigenvalue weighted by Gasteiger charge is -2.28. The van der Waals surface area contributed by atoms with Gasteiger partial charge in [0.2, 0.25) is 0 Å². The van der Waals surface area contributed by atoms with Crippen LogP contribution in [-0.2, 0) is 0 Å². The van der Waals surface area contributed by atoms with Crippen molar-refractivity contribution in [3.63, 3.8) is 0 Å². The molecule has 21 heavy (non-hydrogen) atoms. The van der Waals surface area contributed by atoms with Crippen LogP contribution in [0.5, 0.6) is 0 Å². The Labute approximate surface area is 121 Å². The highest BCUT2D eigenvalue weighted by atomic mass is 19.1. The van der Waals surface area contributed by atoms with E-state index >= 15 is 0 Å². The van der Waals surface area contributed by atoms with Gasteiger partial charge in [-0.05, 0) is 38.8 Å². The van der Waals surface area contributed by atoms with Crippen LogP contribution in [0.4, 0.5) is 10.1 Å². The van der Waals surface area contributed by atoms with Crippen molar-refractivity contribution in [2.45, 2.75) is 38.8 Å². The molecule has 1 amide bonds. The number of aryl methyl sites for hydroxylation is 1. The zero-order chi connectivity index (χ0) is 15.6. The summed E-state index contributed by atoms with van der Waals surface area (Å²) in [7, 11) is 0. The lowest BCUT2D eigenvalue weighted by atomic mass is 10.00. The van der Waals surface area contributed by atoms with E-state index < -0.39 is 16.6 Å². The highest BCUT2D eigenvalue weighted by molar-refractivity contribution is 5.95. The van der Waals surface area contributed by atoms with Crippen molar-refractivity contribution in [2.24, 2.45) is 0 Å². The van der Waals surface area contributed by atoms with Crippen molar-refractivity contribution < 1.29 is 14.1 Å². The predicted octanol–water partition coefficient (Wildman–Crippen LogP) is 1.91. The van der Waals surface area contributed by atoms with Crippen molar-refractivity contribution in [2.75, 3.05) is 6.54 Å². The molecule has 2 unspecified atom stereocenters. The monoisotopic (exact) mass is 295 g/mol. The number of nitro groups is 1. The third kappa shape index (κ3) is 3.55. The number of piperidine rings is 1. The predicted molar refractivity (Wildman–Crippen MR) is 75.7 cm³/mol. The van der Waals surface area contributed by atoms with Gasteiger partial charge in [0.25, 0.3) is 11.6 Å². The molecule has 1 fully saturated rings. The van der Waals surface area contributed by atoms with Crippen LogP contribution in [0.15, 0.2) is 12.1 Å². The second kappa shape index (κ2) is 6.17. The summed E-state index contributed by atoms with van der Waals surface area (Å²) in [6.07, 6.45) is 1.51. The minimum atomic E-state index is -0.708. The second-order valence-electron chi connectivity index (χ2n) is 5.43. The van der Waals surface area contributed by atoms with Crippen molar-refractivity contribution in [1.82, 2.24) is 10.6 Å². The van der Waals surface area contributed by atoms with Gasteiger partial charge in [0.15, 0.2) is 0 Å². The highest BCUT2D eigenvalue weighted by Crippen LogP contribution is 2.21. The van der Waals surface area contributed by atoms with Gasteiger partial charge in [-0.15, -0.1) is 0 Å². The fourth-order valence-corrected chi connectivity index (χ4v) is 2.55. The highest BCUT2D eigenvalue weighted by Gasteiger charge is 2.24. The molecule has 0 aromatic heterocycles. The van der Waals surface area contributed by atoms with Crippen LogP contribution >= 0.6 is 0 Å². The van der Waals surface area contributed by atoms with E-state index in [1.165, 1.54) is 6.92 Å². The van der Waals surface area contributed by atoms with Crippen molar-refractivity contribution in [1.29, 1.82) is 0 Å². The van der Waals surface area contributed by atoms with Crippen LogP contribution in [0, 0.1) is 22.9 Å². The molecule has 0 saturated carbocycles. The summed E-state index contributed by atoms with van der Waals surface area (Å²) in [4.78, 5) is 22.4. The molecule has 6 nitrogen and oxygen atoms in total. The standard InChI is InChI=1S/C14H18FN3O3/c1-8-5-11(18(20)21)7-12(13(8)15)14(19)17-10-3-4-16-9(2)6-10/h5,7,9-10,16H,3-4,6H2,1-2H3,(H,17,19). The summed E-state index contributed by atoms with van der Waals surface area (Å²) < 4.78 is 14.0. The maximum atomic E-state index is 14.0. The molecule has 1 heterocycles. The Bertz CT molecular complexity index is 577. The Morgan fingerprint density at radius 2 is 2.24 bits per heavy atom. The average molecular weight is 295 g/mol. The molecule has 114 valence electrons. The van der Waals surface area contributed by atoms with Crippen LogP contribution in [-0.4, -0.2) is 29.5 Å².